The monoisotopic (exact) mass is 355 g/mol. The summed E-state index contributed by atoms with van der Waals surface area (Å²) in [5, 5.41) is 3.04. The summed E-state index contributed by atoms with van der Waals surface area (Å²) in [6.45, 7) is 3.91. The molecule has 138 valence electrons. The molecule has 6 nitrogen and oxygen atoms in total. The Bertz CT molecular complexity index is 708. The normalized spacial score (nSPS) is 19.6. The van der Waals surface area contributed by atoms with Gasteiger partial charge in [0.1, 0.15) is 11.9 Å². The van der Waals surface area contributed by atoms with Crippen LogP contribution in [0.3, 0.4) is 0 Å². The highest BCUT2D eigenvalue weighted by atomic mass is 16.5. The van der Waals surface area contributed by atoms with Gasteiger partial charge in [-0.2, -0.15) is 0 Å². The Hall–Kier alpha value is -2.63. The van der Waals surface area contributed by atoms with Gasteiger partial charge in [-0.3, -0.25) is 4.79 Å². The van der Waals surface area contributed by atoms with Crippen LogP contribution in [0.4, 0.5) is 0 Å². The molecule has 0 spiro atoms. The number of hydrogen-bond donors (Lipinski definition) is 1. The third-order valence-corrected chi connectivity index (χ3v) is 4.39. The van der Waals surface area contributed by atoms with Crippen LogP contribution in [-0.4, -0.2) is 34.6 Å². The fourth-order valence-corrected chi connectivity index (χ4v) is 3.16. The number of hydrogen-bond acceptors (Lipinski definition) is 5. The third-order valence-electron chi connectivity index (χ3n) is 4.39. The lowest BCUT2D eigenvalue weighted by atomic mass is 9.93. The van der Waals surface area contributed by atoms with E-state index in [4.69, 9.17) is 9.47 Å². The number of ether oxygens (including phenoxy) is 2. The maximum atomic E-state index is 12.0. The minimum absolute atomic E-state index is 0.0385. The first-order chi connectivity index (χ1) is 12.6. The quantitative estimate of drug-likeness (QED) is 0.862. The van der Waals surface area contributed by atoms with Gasteiger partial charge < -0.3 is 14.8 Å². The second-order valence-electron chi connectivity index (χ2n) is 6.69. The van der Waals surface area contributed by atoms with Crippen LogP contribution in [0.2, 0.25) is 0 Å². The zero-order valence-electron chi connectivity index (χ0n) is 15.3. The van der Waals surface area contributed by atoms with E-state index in [2.05, 4.69) is 15.3 Å². The van der Waals surface area contributed by atoms with Crippen molar-refractivity contribution in [3.8, 4) is 11.8 Å². The van der Waals surface area contributed by atoms with E-state index in [1.165, 1.54) is 0 Å². The van der Waals surface area contributed by atoms with Crippen LogP contribution in [0, 0.1) is 13.8 Å². The van der Waals surface area contributed by atoms with Crippen molar-refractivity contribution in [2.45, 2.75) is 51.7 Å². The van der Waals surface area contributed by atoms with E-state index in [1.807, 2.05) is 50.2 Å². The number of benzene rings is 1. The smallest absolute Gasteiger partial charge is 0.317 e. The van der Waals surface area contributed by atoms with E-state index in [9.17, 15) is 4.79 Å². The molecule has 1 heterocycles. The minimum atomic E-state index is -0.0872. The first kappa shape index (κ1) is 18.2. The number of amides is 1. The van der Waals surface area contributed by atoms with Crippen molar-refractivity contribution in [1.82, 2.24) is 15.3 Å². The highest BCUT2D eigenvalue weighted by molar-refractivity contribution is 5.77. The third kappa shape index (κ3) is 5.44. The summed E-state index contributed by atoms with van der Waals surface area (Å²) in [5.41, 5.74) is 1.82. The van der Waals surface area contributed by atoms with Gasteiger partial charge in [0.25, 0.3) is 5.91 Å². The molecule has 1 aromatic carbocycles. The lowest BCUT2D eigenvalue weighted by Gasteiger charge is -2.29. The first-order valence-corrected chi connectivity index (χ1v) is 9.04. The molecule has 0 aliphatic heterocycles. The Morgan fingerprint density at radius 2 is 1.73 bits per heavy atom. The summed E-state index contributed by atoms with van der Waals surface area (Å²) in [7, 11) is 0. The molecular formula is C20H25N3O3. The standard InChI is InChI=1S/C20H25N3O3/c1-14-12-15(2)22-20(21-14)26-18-10-8-16(9-11-18)23-19(24)13-25-17-6-4-3-5-7-17/h3-7,12,16,18H,8-11,13H2,1-2H3,(H,23,24). The first-order valence-electron chi connectivity index (χ1n) is 9.04. The van der Waals surface area contributed by atoms with Crippen molar-refractivity contribution in [2.75, 3.05) is 6.61 Å². The Morgan fingerprint density at radius 3 is 2.38 bits per heavy atom. The van der Waals surface area contributed by atoms with E-state index in [0.717, 1.165) is 37.1 Å². The Balaban J connectivity index is 1.40. The average Bonchev–Trinajstić information content (AvgIpc) is 2.62. The maximum absolute atomic E-state index is 12.0. The Labute approximate surface area is 154 Å². The molecule has 0 radical (unpaired) electrons. The zero-order valence-corrected chi connectivity index (χ0v) is 15.3. The summed E-state index contributed by atoms with van der Waals surface area (Å²) < 4.78 is 11.4. The van der Waals surface area contributed by atoms with Gasteiger partial charge in [0.15, 0.2) is 6.61 Å². The van der Waals surface area contributed by atoms with Gasteiger partial charge in [0.2, 0.25) is 0 Å². The maximum Gasteiger partial charge on any atom is 0.317 e. The predicted molar refractivity (Wildman–Crippen MR) is 98.3 cm³/mol. The lowest BCUT2D eigenvalue weighted by molar-refractivity contribution is -0.124. The fraction of sp³-hybridized carbons (Fsp3) is 0.450. The average molecular weight is 355 g/mol. The number of rotatable bonds is 6. The van der Waals surface area contributed by atoms with Gasteiger partial charge in [-0.15, -0.1) is 0 Å². The molecule has 0 unspecified atom stereocenters. The molecule has 6 heteroatoms. The predicted octanol–water partition coefficient (Wildman–Crippen LogP) is 2.98. The number of aryl methyl sites for hydroxylation is 2. The van der Waals surface area contributed by atoms with Crippen LogP contribution in [0.15, 0.2) is 36.4 Å². The minimum Gasteiger partial charge on any atom is -0.484 e. The zero-order chi connectivity index (χ0) is 18.4. The Morgan fingerprint density at radius 1 is 1.08 bits per heavy atom. The van der Waals surface area contributed by atoms with Crippen LogP contribution in [0.1, 0.15) is 37.1 Å². The second kappa shape index (κ2) is 8.65. The van der Waals surface area contributed by atoms with Crippen molar-refractivity contribution in [3.63, 3.8) is 0 Å². The number of carbonyl (C=O) groups excluding carboxylic acids is 1. The molecule has 1 aliphatic rings. The van der Waals surface area contributed by atoms with Gasteiger partial charge in [0.05, 0.1) is 0 Å². The molecule has 1 amide bonds. The van der Waals surface area contributed by atoms with Gasteiger partial charge in [0, 0.05) is 17.4 Å². The Kier molecular flexibility index (Phi) is 6.04. The molecule has 1 aromatic heterocycles. The molecule has 0 atom stereocenters. The molecule has 1 saturated carbocycles. The van der Waals surface area contributed by atoms with Crippen LogP contribution >= 0.6 is 0 Å². The van der Waals surface area contributed by atoms with Crippen LogP contribution in [-0.2, 0) is 4.79 Å². The molecular weight excluding hydrogens is 330 g/mol. The van der Waals surface area contributed by atoms with E-state index in [-0.39, 0.29) is 24.7 Å². The topological polar surface area (TPSA) is 73.3 Å². The van der Waals surface area contributed by atoms with E-state index in [1.54, 1.807) is 0 Å². The van der Waals surface area contributed by atoms with Crippen molar-refractivity contribution in [1.29, 1.82) is 0 Å². The number of para-hydroxylation sites is 1. The number of carbonyl (C=O) groups is 1. The van der Waals surface area contributed by atoms with Crippen LogP contribution in [0.25, 0.3) is 0 Å². The summed E-state index contributed by atoms with van der Waals surface area (Å²) in [6, 6.07) is 11.9. The molecule has 2 aromatic rings. The molecule has 0 bridgehead atoms. The highest BCUT2D eigenvalue weighted by Gasteiger charge is 2.24. The molecule has 26 heavy (non-hydrogen) atoms. The van der Waals surface area contributed by atoms with Crippen molar-refractivity contribution >= 4 is 5.91 Å². The molecule has 0 saturated heterocycles. The van der Waals surface area contributed by atoms with Gasteiger partial charge in [-0.25, -0.2) is 9.97 Å². The lowest BCUT2D eigenvalue weighted by Crippen LogP contribution is -2.41. The molecule has 3 rings (SSSR count). The summed E-state index contributed by atoms with van der Waals surface area (Å²) in [6.07, 6.45) is 3.62. The summed E-state index contributed by atoms with van der Waals surface area (Å²) in [4.78, 5) is 20.7. The number of nitrogens with one attached hydrogen (secondary N) is 1. The van der Waals surface area contributed by atoms with Crippen LogP contribution in [0.5, 0.6) is 11.8 Å². The van der Waals surface area contributed by atoms with Crippen molar-refractivity contribution in [2.24, 2.45) is 0 Å². The van der Waals surface area contributed by atoms with Crippen LogP contribution < -0.4 is 14.8 Å². The summed E-state index contributed by atoms with van der Waals surface area (Å²) >= 11 is 0. The van der Waals surface area contributed by atoms with E-state index >= 15 is 0 Å². The molecule has 1 aliphatic carbocycles. The second-order valence-corrected chi connectivity index (χ2v) is 6.69. The van der Waals surface area contributed by atoms with Gasteiger partial charge in [-0.1, -0.05) is 18.2 Å². The SMILES string of the molecule is Cc1cc(C)nc(OC2CCC(NC(=O)COc3ccccc3)CC2)n1. The number of nitrogens with zero attached hydrogens (tertiary/aromatic N) is 2. The highest BCUT2D eigenvalue weighted by Crippen LogP contribution is 2.22. The van der Waals surface area contributed by atoms with Crippen molar-refractivity contribution in [3.05, 3.63) is 47.8 Å². The van der Waals surface area contributed by atoms with Gasteiger partial charge >= 0.3 is 6.01 Å². The van der Waals surface area contributed by atoms with E-state index in [0.29, 0.717) is 11.8 Å². The largest absolute Gasteiger partial charge is 0.484 e. The molecule has 1 fully saturated rings. The summed E-state index contributed by atoms with van der Waals surface area (Å²) in [5.74, 6) is 0.615. The fourth-order valence-electron chi connectivity index (χ4n) is 3.16. The van der Waals surface area contributed by atoms with Gasteiger partial charge in [-0.05, 0) is 57.7 Å². The van der Waals surface area contributed by atoms with Crippen molar-refractivity contribution < 1.29 is 14.3 Å². The van der Waals surface area contributed by atoms with E-state index < -0.39 is 0 Å². The molecule has 1 N–H and O–H groups in total. The number of aromatic nitrogens is 2.